The van der Waals surface area contributed by atoms with Crippen LogP contribution in [0, 0.1) is 0 Å². The fraction of sp³-hybridized carbons (Fsp3) is 0.818. The van der Waals surface area contributed by atoms with Crippen LogP contribution in [-0.2, 0) is 9.53 Å². The van der Waals surface area contributed by atoms with Gasteiger partial charge in [0.25, 0.3) is 0 Å². The molecule has 1 heterocycles. The molecular weight excluding hydrogens is 224 g/mol. The lowest BCUT2D eigenvalue weighted by molar-refractivity contribution is -0.138. The van der Waals surface area contributed by atoms with Gasteiger partial charge in [0.1, 0.15) is 6.04 Å². The van der Waals surface area contributed by atoms with Crippen molar-refractivity contribution >= 4 is 12.0 Å². The van der Waals surface area contributed by atoms with E-state index < -0.39 is 18.0 Å². The molecule has 0 aromatic carbocycles. The number of carboxylic acids is 1. The number of amides is 2. The number of urea groups is 1. The maximum Gasteiger partial charge on any atom is 0.325 e. The van der Waals surface area contributed by atoms with Crippen LogP contribution in [0.15, 0.2) is 0 Å². The molecule has 0 aromatic heterocycles. The van der Waals surface area contributed by atoms with Crippen LogP contribution in [0.2, 0.25) is 0 Å². The quantitative estimate of drug-likeness (QED) is 0.682. The first-order chi connectivity index (χ1) is 7.80. The van der Waals surface area contributed by atoms with Crippen molar-refractivity contribution in [2.24, 2.45) is 0 Å². The van der Waals surface area contributed by atoms with Crippen molar-refractivity contribution in [3.05, 3.63) is 0 Å². The van der Waals surface area contributed by atoms with Crippen LogP contribution in [0.5, 0.6) is 0 Å². The lowest BCUT2D eigenvalue weighted by atomic mass is 9.94. The molecular formula is C11H20N2O4. The topological polar surface area (TPSA) is 87.7 Å². The van der Waals surface area contributed by atoms with Crippen LogP contribution in [0.3, 0.4) is 0 Å². The first kappa shape index (κ1) is 13.8. The van der Waals surface area contributed by atoms with Gasteiger partial charge in [-0.3, -0.25) is 4.79 Å². The molecule has 0 spiro atoms. The van der Waals surface area contributed by atoms with Gasteiger partial charge in [-0.1, -0.05) is 0 Å². The normalized spacial score (nSPS) is 24.8. The highest BCUT2D eigenvalue weighted by atomic mass is 16.5. The van der Waals surface area contributed by atoms with Crippen molar-refractivity contribution in [3.63, 3.8) is 0 Å². The second-order valence-corrected chi connectivity index (χ2v) is 4.98. The summed E-state index contributed by atoms with van der Waals surface area (Å²) in [5.74, 6) is -1.05. The van der Waals surface area contributed by atoms with Crippen LogP contribution < -0.4 is 10.6 Å². The molecule has 1 unspecified atom stereocenters. The van der Waals surface area contributed by atoms with Crippen molar-refractivity contribution < 1.29 is 19.4 Å². The summed E-state index contributed by atoms with van der Waals surface area (Å²) in [6, 6.07) is -1.30. The van der Waals surface area contributed by atoms with E-state index in [-0.39, 0.29) is 11.6 Å². The predicted octanol–water partition coefficient (Wildman–Crippen LogP) is 0.716. The minimum Gasteiger partial charge on any atom is -0.480 e. The van der Waals surface area contributed by atoms with Crippen LogP contribution in [-0.4, -0.2) is 41.4 Å². The smallest absolute Gasteiger partial charge is 0.325 e. The standard InChI is InChI=1S/C11H20N2O4/c1-7(9(14)15)12-10(16)13-8-4-5-17-11(2,3)6-8/h7-8H,4-6H2,1-3H3,(H,14,15)(H2,12,13,16)/t7-,8?/m1/s1. The lowest BCUT2D eigenvalue weighted by Gasteiger charge is -2.35. The van der Waals surface area contributed by atoms with E-state index in [1.165, 1.54) is 6.92 Å². The van der Waals surface area contributed by atoms with Crippen LogP contribution >= 0.6 is 0 Å². The summed E-state index contributed by atoms with van der Waals surface area (Å²) in [4.78, 5) is 22.1. The average Bonchev–Trinajstić information content (AvgIpc) is 2.15. The zero-order valence-corrected chi connectivity index (χ0v) is 10.4. The van der Waals surface area contributed by atoms with Gasteiger partial charge >= 0.3 is 12.0 Å². The van der Waals surface area contributed by atoms with Crippen LogP contribution in [0.4, 0.5) is 4.79 Å². The van der Waals surface area contributed by atoms with Crippen LogP contribution in [0.25, 0.3) is 0 Å². The molecule has 1 saturated heterocycles. The first-order valence-electron chi connectivity index (χ1n) is 5.74. The van der Waals surface area contributed by atoms with Crippen molar-refractivity contribution in [2.75, 3.05) is 6.61 Å². The Kier molecular flexibility index (Phi) is 4.34. The fourth-order valence-corrected chi connectivity index (χ4v) is 1.84. The molecule has 98 valence electrons. The van der Waals surface area contributed by atoms with Crippen LogP contribution in [0.1, 0.15) is 33.6 Å². The van der Waals surface area contributed by atoms with Crippen molar-refractivity contribution in [1.82, 2.24) is 10.6 Å². The molecule has 6 nitrogen and oxygen atoms in total. The Morgan fingerprint density at radius 1 is 1.47 bits per heavy atom. The zero-order chi connectivity index (χ0) is 13.1. The van der Waals surface area contributed by atoms with Gasteiger partial charge in [-0.2, -0.15) is 0 Å². The Bertz CT molecular complexity index is 304. The van der Waals surface area contributed by atoms with Gasteiger partial charge in [-0.15, -0.1) is 0 Å². The lowest BCUT2D eigenvalue weighted by Crippen LogP contribution is -2.51. The Morgan fingerprint density at radius 2 is 2.12 bits per heavy atom. The number of rotatable bonds is 3. The molecule has 2 atom stereocenters. The second kappa shape index (κ2) is 5.35. The van der Waals surface area contributed by atoms with E-state index in [1.807, 2.05) is 13.8 Å². The molecule has 3 N–H and O–H groups in total. The molecule has 0 radical (unpaired) electrons. The molecule has 0 saturated carbocycles. The molecule has 0 aliphatic carbocycles. The van der Waals surface area contributed by atoms with Gasteiger partial charge < -0.3 is 20.5 Å². The maximum atomic E-state index is 11.5. The molecule has 1 fully saturated rings. The van der Waals surface area contributed by atoms with E-state index in [0.717, 1.165) is 12.8 Å². The number of nitrogens with one attached hydrogen (secondary N) is 2. The highest BCUT2D eigenvalue weighted by molar-refractivity contribution is 5.82. The summed E-state index contributed by atoms with van der Waals surface area (Å²) in [7, 11) is 0. The van der Waals surface area contributed by atoms with E-state index >= 15 is 0 Å². The van der Waals surface area contributed by atoms with E-state index in [1.54, 1.807) is 0 Å². The Labute approximate surface area is 101 Å². The van der Waals surface area contributed by atoms with Crippen molar-refractivity contribution in [1.29, 1.82) is 0 Å². The molecule has 0 bridgehead atoms. The van der Waals surface area contributed by atoms with Gasteiger partial charge in [0, 0.05) is 12.6 Å². The molecule has 6 heteroatoms. The molecule has 17 heavy (non-hydrogen) atoms. The van der Waals surface area contributed by atoms with E-state index in [4.69, 9.17) is 9.84 Å². The summed E-state index contributed by atoms with van der Waals surface area (Å²) in [6.45, 7) is 5.97. The summed E-state index contributed by atoms with van der Waals surface area (Å²) < 4.78 is 5.53. The van der Waals surface area contributed by atoms with E-state index in [0.29, 0.717) is 6.61 Å². The van der Waals surface area contributed by atoms with Gasteiger partial charge in [0.05, 0.1) is 5.60 Å². The molecule has 1 rings (SSSR count). The molecule has 2 amide bonds. The van der Waals surface area contributed by atoms with Crippen molar-refractivity contribution in [3.8, 4) is 0 Å². The Balaban J connectivity index is 2.38. The largest absolute Gasteiger partial charge is 0.480 e. The fourth-order valence-electron chi connectivity index (χ4n) is 1.84. The van der Waals surface area contributed by atoms with Crippen molar-refractivity contribution in [2.45, 2.75) is 51.3 Å². The maximum absolute atomic E-state index is 11.5. The minimum atomic E-state index is -1.05. The third kappa shape index (κ3) is 4.60. The highest BCUT2D eigenvalue weighted by Gasteiger charge is 2.29. The summed E-state index contributed by atoms with van der Waals surface area (Å²) in [6.07, 6.45) is 1.47. The Hall–Kier alpha value is -1.30. The third-order valence-electron chi connectivity index (χ3n) is 2.75. The number of carboxylic acid groups (broad SMARTS) is 1. The second-order valence-electron chi connectivity index (χ2n) is 4.98. The number of carbonyl (C=O) groups excluding carboxylic acids is 1. The summed E-state index contributed by atoms with van der Waals surface area (Å²) >= 11 is 0. The zero-order valence-electron chi connectivity index (χ0n) is 10.4. The van der Waals surface area contributed by atoms with Gasteiger partial charge in [-0.25, -0.2) is 4.79 Å². The molecule has 1 aliphatic heterocycles. The molecule has 1 aliphatic rings. The number of hydrogen-bond acceptors (Lipinski definition) is 3. The van der Waals surface area contributed by atoms with E-state index in [2.05, 4.69) is 10.6 Å². The summed E-state index contributed by atoms with van der Waals surface area (Å²) in [5.41, 5.74) is -0.241. The SMILES string of the molecule is C[C@@H](NC(=O)NC1CCOC(C)(C)C1)C(=O)O. The number of ether oxygens (including phenoxy) is 1. The van der Waals surface area contributed by atoms with Gasteiger partial charge in [-0.05, 0) is 33.6 Å². The first-order valence-corrected chi connectivity index (χ1v) is 5.74. The molecule has 0 aromatic rings. The highest BCUT2D eigenvalue weighted by Crippen LogP contribution is 2.23. The number of hydrogen-bond donors (Lipinski definition) is 3. The van der Waals surface area contributed by atoms with Gasteiger partial charge in [0.2, 0.25) is 0 Å². The third-order valence-corrected chi connectivity index (χ3v) is 2.75. The average molecular weight is 244 g/mol. The Morgan fingerprint density at radius 3 is 2.65 bits per heavy atom. The monoisotopic (exact) mass is 244 g/mol. The van der Waals surface area contributed by atoms with Gasteiger partial charge in [0.15, 0.2) is 0 Å². The number of aliphatic carboxylic acids is 1. The minimum absolute atomic E-state index is 0.0275. The van der Waals surface area contributed by atoms with E-state index in [9.17, 15) is 9.59 Å². The summed E-state index contributed by atoms with van der Waals surface area (Å²) in [5, 5.41) is 13.8. The number of carbonyl (C=O) groups is 2. The predicted molar refractivity (Wildman–Crippen MR) is 61.8 cm³/mol.